The number of aromatic nitrogens is 2. The van der Waals surface area contributed by atoms with E-state index < -0.39 is 0 Å². The molecular formula is C51H25N5O2. The molecule has 0 fully saturated rings. The van der Waals surface area contributed by atoms with Gasteiger partial charge in [-0.2, -0.15) is 15.8 Å². The van der Waals surface area contributed by atoms with Gasteiger partial charge in [-0.3, -0.25) is 0 Å². The number of rotatable bonds is 3. The molecule has 0 radical (unpaired) electrons. The minimum absolute atomic E-state index is 0.261. The SMILES string of the molecule is N#Cc1cc(-c2ccc(C#N)c(-n3c4ccccc4c4cc5c(cc43)oc3ccccc35)c2)c(-n2c3ccccc3c3cc4c(cc32)oc2ccccc24)cc1C#N. The fraction of sp³-hybridized carbons (Fsp3) is 0. The Bertz CT molecular complexity index is 3910. The predicted molar refractivity (Wildman–Crippen MR) is 229 cm³/mol. The van der Waals surface area contributed by atoms with Crippen LogP contribution < -0.4 is 0 Å². The topological polar surface area (TPSA) is 108 Å². The molecular weight excluding hydrogens is 715 g/mol. The number of para-hydroxylation sites is 4. The molecule has 0 aliphatic carbocycles. The van der Waals surface area contributed by atoms with Crippen LogP contribution in [0.15, 0.2) is 160 Å². The van der Waals surface area contributed by atoms with Gasteiger partial charge in [-0.15, -0.1) is 0 Å². The van der Waals surface area contributed by atoms with E-state index in [-0.39, 0.29) is 11.1 Å². The van der Waals surface area contributed by atoms with Gasteiger partial charge < -0.3 is 18.0 Å². The van der Waals surface area contributed by atoms with Gasteiger partial charge in [0.05, 0.1) is 50.1 Å². The Hall–Kier alpha value is -8.57. The van der Waals surface area contributed by atoms with E-state index >= 15 is 0 Å². The highest BCUT2D eigenvalue weighted by Crippen LogP contribution is 2.43. The van der Waals surface area contributed by atoms with Gasteiger partial charge in [0.2, 0.25) is 0 Å². The molecule has 4 aromatic heterocycles. The second-order valence-electron chi connectivity index (χ2n) is 14.6. The van der Waals surface area contributed by atoms with Crippen LogP contribution in [0.5, 0.6) is 0 Å². The van der Waals surface area contributed by atoms with Gasteiger partial charge in [0.1, 0.15) is 40.5 Å². The van der Waals surface area contributed by atoms with Crippen LogP contribution in [-0.2, 0) is 0 Å². The summed E-state index contributed by atoms with van der Waals surface area (Å²) in [5, 5.41) is 39.7. The molecule has 266 valence electrons. The van der Waals surface area contributed by atoms with Crippen molar-refractivity contribution in [3.63, 3.8) is 0 Å². The molecule has 58 heavy (non-hydrogen) atoms. The van der Waals surface area contributed by atoms with Crippen molar-refractivity contribution in [3.8, 4) is 40.7 Å². The van der Waals surface area contributed by atoms with E-state index in [1.807, 2.05) is 78.9 Å². The lowest BCUT2D eigenvalue weighted by atomic mass is 9.96. The molecule has 0 bridgehead atoms. The largest absolute Gasteiger partial charge is 0.456 e. The molecule has 0 saturated heterocycles. The third kappa shape index (κ3) is 4.29. The Morgan fingerprint density at radius 3 is 1.38 bits per heavy atom. The number of benzene rings is 8. The maximum atomic E-state index is 10.6. The molecule has 7 heteroatoms. The number of furan rings is 2. The average molecular weight is 740 g/mol. The Labute approximate surface area is 329 Å². The Kier molecular flexibility index (Phi) is 6.41. The first-order valence-corrected chi connectivity index (χ1v) is 18.8. The molecule has 0 N–H and O–H groups in total. The van der Waals surface area contributed by atoms with E-state index in [2.05, 4.69) is 88.0 Å². The molecule has 0 unspecified atom stereocenters. The zero-order chi connectivity index (χ0) is 38.6. The molecule has 0 amide bonds. The maximum Gasteiger partial charge on any atom is 0.137 e. The summed E-state index contributed by atoms with van der Waals surface area (Å²) in [5.41, 5.74) is 10.7. The van der Waals surface area contributed by atoms with Crippen LogP contribution in [0.4, 0.5) is 0 Å². The van der Waals surface area contributed by atoms with Crippen molar-refractivity contribution >= 4 is 87.5 Å². The van der Waals surface area contributed by atoms with Crippen LogP contribution in [0.3, 0.4) is 0 Å². The molecule has 12 aromatic rings. The van der Waals surface area contributed by atoms with Crippen LogP contribution in [0.2, 0.25) is 0 Å². The molecule has 0 aliphatic rings. The van der Waals surface area contributed by atoms with Crippen molar-refractivity contribution in [1.82, 2.24) is 9.13 Å². The zero-order valence-corrected chi connectivity index (χ0v) is 30.5. The van der Waals surface area contributed by atoms with E-state index in [1.54, 1.807) is 12.1 Å². The molecule has 4 heterocycles. The third-order valence-corrected chi connectivity index (χ3v) is 11.6. The summed E-state index contributed by atoms with van der Waals surface area (Å²) in [4.78, 5) is 0. The molecule has 8 aromatic carbocycles. The van der Waals surface area contributed by atoms with Crippen molar-refractivity contribution in [2.24, 2.45) is 0 Å². The number of nitrogens with zero attached hydrogens (tertiary/aromatic N) is 5. The second kappa shape index (κ2) is 11.7. The van der Waals surface area contributed by atoms with Crippen LogP contribution in [0, 0.1) is 34.0 Å². The molecule has 0 aliphatic heterocycles. The van der Waals surface area contributed by atoms with Gasteiger partial charge in [0.15, 0.2) is 0 Å². The van der Waals surface area contributed by atoms with Gasteiger partial charge in [-0.25, -0.2) is 0 Å². The summed E-state index contributed by atoms with van der Waals surface area (Å²) < 4.78 is 17.1. The fourth-order valence-corrected chi connectivity index (χ4v) is 9.06. The Morgan fingerprint density at radius 2 is 0.828 bits per heavy atom. The lowest BCUT2D eigenvalue weighted by Crippen LogP contribution is -2.02. The van der Waals surface area contributed by atoms with Crippen molar-refractivity contribution in [2.75, 3.05) is 0 Å². The van der Waals surface area contributed by atoms with E-state index in [4.69, 9.17) is 8.83 Å². The van der Waals surface area contributed by atoms with Crippen LogP contribution in [-0.4, -0.2) is 9.13 Å². The minimum atomic E-state index is 0.261. The number of fused-ring (bicyclic) bond motifs is 12. The Morgan fingerprint density at radius 1 is 0.345 bits per heavy atom. The highest BCUT2D eigenvalue weighted by Gasteiger charge is 2.23. The first-order valence-electron chi connectivity index (χ1n) is 18.8. The molecule has 0 spiro atoms. The third-order valence-electron chi connectivity index (χ3n) is 11.6. The number of nitriles is 3. The summed E-state index contributed by atoms with van der Waals surface area (Å²) in [7, 11) is 0. The van der Waals surface area contributed by atoms with E-state index in [1.165, 1.54) is 0 Å². The quantitative estimate of drug-likeness (QED) is 0.179. The number of hydrogen-bond donors (Lipinski definition) is 0. The van der Waals surface area contributed by atoms with Gasteiger partial charge in [0.25, 0.3) is 0 Å². The van der Waals surface area contributed by atoms with Crippen molar-refractivity contribution in [1.29, 1.82) is 15.8 Å². The first-order chi connectivity index (χ1) is 28.6. The van der Waals surface area contributed by atoms with Crippen molar-refractivity contribution in [3.05, 3.63) is 168 Å². The predicted octanol–water partition coefficient (Wildman–Crippen LogP) is 13.0. The molecule has 0 atom stereocenters. The van der Waals surface area contributed by atoms with E-state index in [0.717, 1.165) is 104 Å². The van der Waals surface area contributed by atoms with Gasteiger partial charge in [-0.05, 0) is 66.2 Å². The van der Waals surface area contributed by atoms with Gasteiger partial charge in [0, 0.05) is 60.8 Å². The van der Waals surface area contributed by atoms with Gasteiger partial charge in [-0.1, -0.05) is 78.9 Å². The summed E-state index contributed by atoms with van der Waals surface area (Å²) in [6, 6.07) is 57.4. The minimum Gasteiger partial charge on any atom is -0.456 e. The van der Waals surface area contributed by atoms with Crippen LogP contribution >= 0.6 is 0 Å². The lowest BCUT2D eigenvalue weighted by Gasteiger charge is -2.17. The zero-order valence-electron chi connectivity index (χ0n) is 30.5. The van der Waals surface area contributed by atoms with Crippen molar-refractivity contribution in [2.45, 2.75) is 0 Å². The summed E-state index contributed by atoms with van der Waals surface area (Å²) in [6.45, 7) is 0. The monoisotopic (exact) mass is 739 g/mol. The lowest BCUT2D eigenvalue weighted by molar-refractivity contribution is 0.669. The van der Waals surface area contributed by atoms with Crippen LogP contribution in [0.25, 0.3) is 110 Å². The normalized spacial score (nSPS) is 11.7. The van der Waals surface area contributed by atoms with Crippen LogP contribution in [0.1, 0.15) is 16.7 Å². The first kappa shape index (κ1) is 31.7. The highest BCUT2D eigenvalue weighted by atomic mass is 16.3. The molecule has 0 saturated carbocycles. The average Bonchev–Trinajstić information content (AvgIpc) is 4.01. The molecule has 7 nitrogen and oxygen atoms in total. The Balaban J connectivity index is 1.16. The van der Waals surface area contributed by atoms with Crippen molar-refractivity contribution < 1.29 is 8.83 Å². The molecule has 12 rings (SSSR count). The highest BCUT2D eigenvalue weighted by molar-refractivity contribution is 6.19. The van der Waals surface area contributed by atoms with Gasteiger partial charge >= 0.3 is 0 Å². The van der Waals surface area contributed by atoms with E-state index in [0.29, 0.717) is 11.3 Å². The summed E-state index contributed by atoms with van der Waals surface area (Å²) in [5.74, 6) is 0. The second-order valence-corrected chi connectivity index (χ2v) is 14.6. The maximum absolute atomic E-state index is 10.6. The fourth-order valence-electron chi connectivity index (χ4n) is 9.06. The smallest absolute Gasteiger partial charge is 0.137 e. The summed E-state index contributed by atoms with van der Waals surface area (Å²) >= 11 is 0. The standard InChI is InChI=1S/C51H25N5O2/c52-26-30-18-17-29(20-44(30)55-42-13-5-1-9-33(42)38-22-40-35-11-3-7-15-48(35)57-50(40)24-46(38)55)37-19-31(27-53)32(28-54)21-45(37)56-43-14-6-2-10-34(43)39-23-41-36-12-4-8-16-49(36)58-51(41)25-47(39)56/h1-25H. The summed E-state index contributed by atoms with van der Waals surface area (Å²) in [6.07, 6.45) is 0. The number of hydrogen-bond acceptors (Lipinski definition) is 5. The van der Waals surface area contributed by atoms with E-state index in [9.17, 15) is 15.8 Å².